The Labute approximate surface area is 86.1 Å². The third-order valence-corrected chi connectivity index (χ3v) is 2.64. The van der Waals surface area contributed by atoms with E-state index in [2.05, 4.69) is 20.3 Å². The fourth-order valence-corrected chi connectivity index (χ4v) is 1.76. The Kier molecular flexibility index (Phi) is 2.69. The Morgan fingerprint density at radius 1 is 1.50 bits per heavy atom. The minimum absolute atomic E-state index is 0.718. The van der Waals surface area contributed by atoms with Crippen LogP contribution in [0.1, 0.15) is 10.7 Å². The lowest BCUT2D eigenvalue weighted by Gasteiger charge is -2.00. The Bertz CT molecular complexity index is 398. The number of aromatic nitrogens is 3. The van der Waals surface area contributed by atoms with Crippen molar-refractivity contribution >= 4 is 17.2 Å². The van der Waals surface area contributed by atoms with Crippen molar-refractivity contribution < 1.29 is 0 Å². The molecule has 0 atom stereocenters. The third kappa shape index (κ3) is 2.26. The molecular formula is C9H10N4S. The molecule has 2 aromatic heterocycles. The number of nitrogens with one attached hydrogen (secondary N) is 1. The second-order valence-electron chi connectivity index (χ2n) is 2.83. The Morgan fingerprint density at radius 3 is 3.07 bits per heavy atom. The summed E-state index contributed by atoms with van der Waals surface area (Å²) in [4.78, 5) is 12.2. The molecule has 0 saturated heterocycles. The molecule has 0 fully saturated rings. The third-order valence-electron chi connectivity index (χ3n) is 1.67. The second-order valence-corrected chi connectivity index (χ2v) is 3.77. The molecule has 0 bridgehead atoms. The molecule has 2 aromatic rings. The topological polar surface area (TPSA) is 50.7 Å². The van der Waals surface area contributed by atoms with Crippen LogP contribution < -0.4 is 5.32 Å². The van der Waals surface area contributed by atoms with Crippen LogP contribution in [-0.2, 0) is 6.54 Å². The molecule has 0 spiro atoms. The Balaban J connectivity index is 1.95. The van der Waals surface area contributed by atoms with Gasteiger partial charge in [0.25, 0.3) is 0 Å². The molecule has 0 saturated carbocycles. The average Bonchev–Trinajstić information content (AvgIpc) is 2.63. The summed E-state index contributed by atoms with van der Waals surface area (Å²) in [5.74, 6) is 0.827. The fourth-order valence-electron chi connectivity index (χ4n) is 1.05. The fraction of sp³-hybridized carbons (Fsp3) is 0.222. The van der Waals surface area contributed by atoms with Gasteiger partial charge >= 0.3 is 0 Å². The first-order valence-electron chi connectivity index (χ1n) is 4.25. The zero-order chi connectivity index (χ0) is 9.80. The van der Waals surface area contributed by atoms with Gasteiger partial charge in [0.1, 0.15) is 17.2 Å². The molecule has 4 nitrogen and oxygen atoms in total. The lowest BCUT2D eigenvalue weighted by molar-refractivity contribution is 1.04. The van der Waals surface area contributed by atoms with Crippen LogP contribution in [0.15, 0.2) is 24.0 Å². The molecule has 0 radical (unpaired) electrons. The highest BCUT2D eigenvalue weighted by Gasteiger charge is 1.98. The predicted molar refractivity (Wildman–Crippen MR) is 56.2 cm³/mol. The number of aryl methyl sites for hydroxylation is 1. The summed E-state index contributed by atoms with van der Waals surface area (Å²) in [6, 6.07) is 1.83. The number of hydrogen-bond donors (Lipinski definition) is 1. The van der Waals surface area contributed by atoms with E-state index in [0.29, 0.717) is 0 Å². The molecule has 0 aliphatic heterocycles. The summed E-state index contributed by atoms with van der Waals surface area (Å²) in [5.41, 5.74) is 1.06. The highest BCUT2D eigenvalue weighted by molar-refractivity contribution is 7.09. The van der Waals surface area contributed by atoms with Crippen molar-refractivity contribution in [1.82, 2.24) is 15.0 Å². The van der Waals surface area contributed by atoms with Crippen LogP contribution >= 0.6 is 11.3 Å². The van der Waals surface area contributed by atoms with Crippen molar-refractivity contribution in [2.24, 2.45) is 0 Å². The first kappa shape index (κ1) is 9.08. The van der Waals surface area contributed by atoms with Crippen molar-refractivity contribution in [3.05, 3.63) is 34.7 Å². The minimum atomic E-state index is 0.718. The van der Waals surface area contributed by atoms with Gasteiger partial charge in [0.05, 0.1) is 6.54 Å². The summed E-state index contributed by atoms with van der Waals surface area (Å²) < 4.78 is 0. The summed E-state index contributed by atoms with van der Waals surface area (Å²) in [6.07, 6.45) is 3.23. The predicted octanol–water partition coefficient (Wildman–Crippen LogP) is 1.85. The second kappa shape index (κ2) is 4.15. The van der Waals surface area contributed by atoms with Gasteiger partial charge in [0, 0.05) is 17.3 Å². The molecule has 0 unspecified atom stereocenters. The van der Waals surface area contributed by atoms with Gasteiger partial charge in [-0.25, -0.2) is 15.0 Å². The Hall–Kier alpha value is -1.49. The molecule has 14 heavy (non-hydrogen) atoms. The van der Waals surface area contributed by atoms with Crippen molar-refractivity contribution in [3.63, 3.8) is 0 Å². The number of hydrogen-bond acceptors (Lipinski definition) is 5. The van der Waals surface area contributed by atoms with Crippen molar-refractivity contribution in [1.29, 1.82) is 0 Å². The first-order chi connectivity index (χ1) is 6.84. The number of nitrogens with zero attached hydrogens (tertiary/aromatic N) is 3. The molecule has 72 valence electrons. The van der Waals surface area contributed by atoms with Crippen LogP contribution in [0.4, 0.5) is 5.82 Å². The van der Waals surface area contributed by atoms with Gasteiger partial charge in [-0.2, -0.15) is 0 Å². The van der Waals surface area contributed by atoms with Crippen LogP contribution in [-0.4, -0.2) is 15.0 Å². The molecular weight excluding hydrogens is 196 g/mol. The van der Waals surface area contributed by atoms with Crippen molar-refractivity contribution in [3.8, 4) is 0 Å². The zero-order valence-corrected chi connectivity index (χ0v) is 8.58. The lowest BCUT2D eigenvalue weighted by atomic mass is 10.5. The molecule has 0 aliphatic carbocycles. The number of rotatable bonds is 3. The quantitative estimate of drug-likeness (QED) is 0.832. The van der Waals surface area contributed by atoms with Gasteiger partial charge in [-0.1, -0.05) is 0 Å². The summed E-state index contributed by atoms with van der Waals surface area (Å²) in [5, 5.41) is 6.28. The van der Waals surface area contributed by atoms with Crippen LogP contribution in [0.5, 0.6) is 0 Å². The van der Waals surface area contributed by atoms with Crippen molar-refractivity contribution in [2.45, 2.75) is 13.5 Å². The van der Waals surface area contributed by atoms with E-state index in [1.165, 1.54) is 6.33 Å². The maximum Gasteiger partial charge on any atom is 0.129 e. The van der Waals surface area contributed by atoms with Gasteiger partial charge in [0.2, 0.25) is 0 Å². The maximum absolute atomic E-state index is 4.34. The van der Waals surface area contributed by atoms with Gasteiger partial charge in [0.15, 0.2) is 0 Å². The van der Waals surface area contributed by atoms with Gasteiger partial charge < -0.3 is 5.32 Å². The molecule has 2 heterocycles. The Morgan fingerprint density at radius 2 is 2.43 bits per heavy atom. The normalized spacial score (nSPS) is 10.1. The molecule has 0 aliphatic rings. The van der Waals surface area contributed by atoms with E-state index in [0.717, 1.165) is 23.1 Å². The van der Waals surface area contributed by atoms with E-state index in [9.17, 15) is 0 Å². The lowest BCUT2D eigenvalue weighted by Crippen LogP contribution is -2.00. The zero-order valence-electron chi connectivity index (χ0n) is 7.77. The van der Waals surface area contributed by atoms with Gasteiger partial charge in [-0.05, 0) is 13.0 Å². The SMILES string of the molecule is Cc1csc(CNc2ccncn2)n1. The van der Waals surface area contributed by atoms with E-state index < -0.39 is 0 Å². The first-order valence-corrected chi connectivity index (χ1v) is 5.13. The van der Waals surface area contributed by atoms with Gasteiger partial charge in [-0.15, -0.1) is 11.3 Å². The molecule has 0 aromatic carbocycles. The van der Waals surface area contributed by atoms with Crippen LogP contribution in [0.2, 0.25) is 0 Å². The average molecular weight is 206 g/mol. The standard InChI is InChI=1S/C9H10N4S/c1-7-5-14-9(13-7)4-11-8-2-3-10-6-12-8/h2-3,5-6H,4H2,1H3,(H,10,11,12). The highest BCUT2D eigenvalue weighted by atomic mass is 32.1. The summed E-state index contributed by atoms with van der Waals surface area (Å²) in [7, 11) is 0. The largest absolute Gasteiger partial charge is 0.363 e. The van der Waals surface area contributed by atoms with Crippen molar-refractivity contribution in [2.75, 3.05) is 5.32 Å². The monoisotopic (exact) mass is 206 g/mol. The number of anilines is 1. The van der Waals surface area contributed by atoms with Crippen LogP contribution in [0.3, 0.4) is 0 Å². The van der Waals surface area contributed by atoms with Gasteiger partial charge in [-0.3, -0.25) is 0 Å². The molecule has 1 N–H and O–H groups in total. The van der Waals surface area contributed by atoms with E-state index in [1.807, 2.05) is 18.4 Å². The van der Waals surface area contributed by atoms with E-state index in [-0.39, 0.29) is 0 Å². The van der Waals surface area contributed by atoms with Crippen LogP contribution in [0, 0.1) is 6.92 Å². The molecule has 2 rings (SSSR count). The number of thiazole rings is 1. The minimum Gasteiger partial charge on any atom is -0.363 e. The van der Waals surface area contributed by atoms with E-state index in [1.54, 1.807) is 17.5 Å². The van der Waals surface area contributed by atoms with E-state index in [4.69, 9.17) is 0 Å². The molecule has 5 heteroatoms. The summed E-state index contributed by atoms with van der Waals surface area (Å²) in [6.45, 7) is 2.71. The van der Waals surface area contributed by atoms with Crippen LogP contribution in [0.25, 0.3) is 0 Å². The highest BCUT2D eigenvalue weighted by Crippen LogP contribution is 2.10. The molecule has 0 amide bonds. The maximum atomic E-state index is 4.34. The summed E-state index contributed by atoms with van der Waals surface area (Å²) >= 11 is 1.65. The smallest absolute Gasteiger partial charge is 0.129 e. The van der Waals surface area contributed by atoms with E-state index >= 15 is 0 Å².